The number of halogens is 2. The molecule has 0 saturated carbocycles. The van der Waals surface area contributed by atoms with Crippen LogP contribution in [0.5, 0.6) is 0 Å². The molecule has 0 saturated heterocycles. The lowest BCUT2D eigenvalue weighted by Gasteiger charge is -2.26. The zero-order valence-electron chi connectivity index (χ0n) is 20.8. The maximum Gasteiger partial charge on any atom is 0.264 e. The molecule has 1 aliphatic rings. The van der Waals surface area contributed by atoms with Crippen molar-refractivity contribution in [3.05, 3.63) is 100 Å². The molecule has 3 aromatic carbocycles. The summed E-state index contributed by atoms with van der Waals surface area (Å²) in [6.07, 6.45) is 2.05. The Morgan fingerprint density at radius 2 is 1.90 bits per heavy atom. The number of aryl methyl sites for hydroxylation is 1. The maximum atomic E-state index is 15.7. The van der Waals surface area contributed by atoms with Gasteiger partial charge in [0.2, 0.25) is 0 Å². The number of benzene rings is 3. The molecule has 39 heavy (non-hydrogen) atoms. The fraction of sp³-hybridized carbons (Fsp3) is 0.143. The van der Waals surface area contributed by atoms with Crippen molar-refractivity contribution in [1.82, 2.24) is 19.9 Å². The van der Waals surface area contributed by atoms with Crippen LogP contribution in [0.1, 0.15) is 27.3 Å². The molecule has 2 aromatic heterocycles. The second-order valence-corrected chi connectivity index (χ2v) is 11.5. The molecular weight excluding hydrogens is 541 g/mol. The number of carbonyl (C=O) groups is 1. The van der Waals surface area contributed by atoms with Gasteiger partial charge in [0, 0.05) is 30.1 Å². The number of fused-ring (bicyclic) bond motifs is 2. The fourth-order valence-corrected chi connectivity index (χ4v) is 6.38. The number of rotatable bonds is 5. The molecule has 0 atom stereocenters. The molecule has 5 aromatic rings. The Hall–Kier alpha value is -4.15. The normalized spacial score (nSPS) is 13.5. The zero-order chi connectivity index (χ0) is 27.3. The molecule has 3 heterocycles. The number of anilines is 1. The molecule has 11 heteroatoms. The van der Waals surface area contributed by atoms with Gasteiger partial charge < -0.3 is 14.9 Å². The first-order valence-corrected chi connectivity index (χ1v) is 14.1. The van der Waals surface area contributed by atoms with E-state index in [4.69, 9.17) is 11.6 Å². The number of aromatic nitrogens is 3. The average Bonchev–Trinajstić information content (AvgIpc) is 3.54. The summed E-state index contributed by atoms with van der Waals surface area (Å²) in [5.41, 5.74) is 3.79. The number of carbonyl (C=O) groups excluding carboxylic acids is 1. The number of hydrogen-bond acceptors (Lipinski definition) is 4. The first kappa shape index (κ1) is 25.1. The first-order chi connectivity index (χ1) is 18.7. The predicted octanol–water partition coefficient (Wildman–Crippen LogP) is 5.66. The van der Waals surface area contributed by atoms with Crippen LogP contribution in [0.3, 0.4) is 0 Å². The smallest absolute Gasteiger partial charge is 0.264 e. The third-order valence-electron chi connectivity index (χ3n) is 6.89. The van der Waals surface area contributed by atoms with Crippen molar-refractivity contribution < 1.29 is 17.6 Å². The van der Waals surface area contributed by atoms with Crippen LogP contribution in [-0.2, 0) is 23.0 Å². The number of imidazole rings is 1. The van der Waals surface area contributed by atoms with Crippen LogP contribution >= 0.6 is 11.6 Å². The van der Waals surface area contributed by atoms with Gasteiger partial charge in [0.05, 0.1) is 39.7 Å². The number of amides is 1. The van der Waals surface area contributed by atoms with Crippen LogP contribution in [0.4, 0.5) is 10.1 Å². The zero-order valence-corrected chi connectivity index (χ0v) is 22.3. The molecule has 0 fully saturated rings. The largest absolute Gasteiger partial charge is 0.358 e. The Labute approximate surface area is 228 Å². The fourth-order valence-electron chi connectivity index (χ4n) is 4.91. The van der Waals surface area contributed by atoms with E-state index in [9.17, 15) is 13.2 Å². The average molecular weight is 564 g/mol. The summed E-state index contributed by atoms with van der Waals surface area (Å²) < 4.78 is 44.7. The van der Waals surface area contributed by atoms with Crippen molar-refractivity contribution in [3.8, 4) is 11.4 Å². The van der Waals surface area contributed by atoms with Gasteiger partial charge in [-0.3, -0.25) is 9.52 Å². The van der Waals surface area contributed by atoms with Crippen LogP contribution in [0.25, 0.3) is 22.3 Å². The van der Waals surface area contributed by atoms with Crippen molar-refractivity contribution >= 4 is 44.1 Å². The third-order valence-corrected chi connectivity index (χ3v) is 8.57. The molecule has 0 aliphatic carbocycles. The number of hydrogen-bond donors (Lipinski definition) is 3. The van der Waals surface area contributed by atoms with Gasteiger partial charge in [-0.05, 0) is 30.7 Å². The molecule has 8 nitrogen and oxygen atoms in total. The van der Waals surface area contributed by atoms with Crippen LogP contribution in [-0.4, -0.2) is 40.7 Å². The Morgan fingerprint density at radius 3 is 2.69 bits per heavy atom. The van der Waals surface area contributed by atoms with E-state index in [0.717, 1.165) is 28.6 Å². The molecular formula is C28H23ClFN5O3S. The van der Waals surface area contributed by atoms with Crippen LogP contribution < -0.4 is 4.72 Å². The molecule has 6 rings (SSSR count). The molecule has 1 amide bonds. The highest BCUT2D eigenvalue weighted by atomic mass is 35.5. The summed E-state index contributed by atoms with van der Waals surface area (Å²) >= 11 is 6.24. The highest BCUT2D eigenvalue weighted by Crippen LogP contribution is 2.33. The number of nitrogens with one attached hydrogen (secondary N) is 3. The third kappa shape index (κ3) is 4.45. The lowest BCUT2D eigenvalue weighted by Crippen LogP contribution is -2.36. The van der Waals surface area contributed by atoms with E-state index in [2.05, 4.69) is 19.7 Å². The van der Waals surface area contributed by atoms with E-state index >= 15 is 4.39 Å². The molecule has 0 unspecified atom stereocenters. The summed E-state index contributed by atoms with van der Waals surface area (Å²) in [6, 6.07) is 16.7. The van der Waals surface area contributed by atoms with E-state index in [1.165, 1.54) is 17.0 Å². The Morgan fingerprint density at radius 1 is 1.10 bits per heavy atom. The molecule has 3 N–H and O–H groups in total. The second-order valence-electron chi connectivity index (χ2n) is 9.39. The van der Waals surface area contributed by atoms with Crippen LogP contribution in [0, 0.1) is 12.7 Å². The summed E-state index contributed by atoms with van der Waals surface area (Å²) in [4.78, 5) is 25.1. The Kier molecular flexibility index (Phi) is 6.16. The van der Waals surface area contributed by atoms with Crippen molar-refractivity contribution in [1.29, 1.82) is 0 Å². The molecule has 0 spiro atoms. The van der Waals surface area contributed by atoms with E-state index in [1.807, 2.05) is 37.3 Å². The van der Waals surface area contributed by atoms with Crippen molar-refractivity contribution in [2.45, 2.75) is 24.8 Å². The number of H-pyrrole nitrogens is 2. The van der Waals surface area contributed by atoms with E-state index in [-0.39, 0.29) is 17.8 Å². The number of nitrogens with zero attached hydrogens (tertiary/aromatic N) is 2. The summed E-state index contributed by atoms with van der Waals surface area (Å²) in [5.74, 6) is -1.00. The number of sulfonamides is 1. The van der Waals surface area contributed by atoms with Gasteiger partial charge in [0.25, 0.3) is 15.9 Å². The Bertz CT molecular complexity index is 1850. The van der Waals surface area contributed by atoms with Crippen molar-refractivity contribution in [2.24, 2.45) is 0 Å². The van der Waals surface area contributed by atoms with Gasteiger partial charge >= 0.3 is 0 Å². The molecule has 1 aliphatic heterocycles. The van der Waals surface area contributed by atoms with E-state index in [1.54, 1.807) is 18.3 Å². The van der Waals surface area contributed by atoms with Gasteiger partial charge in [-0.15, -0.1) is 0 Å². The quantitative estimate of drug-likeness (QED) is 0.256. The minimum atomic E-state index is -4.38. The van der Waals surface area contributed by atoms with E-state index in [0.29, 0.717) is 34.7 Å². The minimum Gasteiger partial charge on any atom is -0.358 e. The summed E-state index contributed by atoms with van der Waals surface area (Å²) in [7, 11) is -4.38. The van der Waals surface area contributed by atoms with Crippen LogP contribution in [0.2, 0.25) is 5.02 Å². The maximum absolute atomic E-state index is 15.7. The molecule has 198 valence electrons. The van der Waals surface area contributed by atoms with Crippen LogP contribution in [0.15, 0.2) is 71.8 Å². The lowest BCUT2D eigenvalue weighted by molar-refractivity contribution is 0.0726. The van der Waals surface area contributed by atoms with Gasteiger partial charge in [0.1, 0.15) is 10.7 Å². The summed E-state index contributed by atoms with van der Waals surface area (Å²) in [5, 5.41) is 1.11. The highest BCUT2D eigenvalue weighted by molar-refractivity contribution is 7.92. The lowest BCUT2D eigenvalue weighted by atomic mass is 10.1. The molecule has 0 radical (unpaired) electrons. The van der Waals surface area contributed by atoms with Gasteiger partial charge in [0.15, 0.2) is 5.82 Å². The van der Waals surface area contributed by atoms with Gasteiger partial charge in [-0.2, -0.15) is 0 Å². The topological polar surface area (TPSA) is 111 Å². The standard InChI is InChI=1S/C28H23ClFN5O3S/c1-16-10-11-21(26-24(16)19(29)14-31-26)34-39(37,38)23-9-5-8-18(25(23)30)28(36)35-13-12-20-22(15-35)33-27(32-20)17-6-3-2-4-7-17/h2-11,14,31,34H,12-13,15H2,1H3,(H,32,33). The Balaban J connectivity index is 1.27. The monoisotopic (exact) mass is 563 g/mol. The van der Waals surface area contributed by atoms with Gasteiger partial charge in [-0.25, -0.2) is 17.8 Å². The first-order valence-electron chi connectivity index (χ1n) is 12.2. The number of aromatic amines is 2. The highest BCUT2D eigenvalue weighted by Gasteiger charge is 2.30. The van der Waals surface area contributed by atoms with Crippen molar-refractivity contribution in [2.75, 3.05) is 11.3 Å². The van der Waals surface area contributed by atoms with E-state index < -0.39 is 26.6 Å². The SMILES string of the molecule is Cc1ccc(NS(=O)(=O)c2cccc(C(=O)N3CCc4nc(-c5ccccc5)[nH]c4C3)c2F)c2[nH]cc(Cl)c12. The minimum absolute atomic E-state index is 0.206. The predicted molar refractivity (Wildman–Crippen MR) is 148 cm³/mol. The van der Waals surface area contributed by atoms with Crippen molar-refractivity contribution in [3.63, 3.8) is 0 Å². The summed E-state index contributed by atoms with van der Waals surface area (Å²) in [6.45, 7) is 2.39. The molecule has 0 bridgehead atoms. The van der Waals surface area contributed by atoms with Gasteiger partial charge in [-0.1, -0.05) is 54.1 Å². The second kappa shape index (κ2) is 9.55.